The summed E-state index contributed by atoms with van der Waals surface area (Å²) in [6.07, 6.45) is 1.99. The second kappa shape index (κ2) is 11.5. The minimum atomic E-state index is -0.291. The number of halogens is 1. The van der Waals surface area contributed by atoms with Gasteiger partial charge in [0.15, 0.2) is 5.13 Å². The van der Waals surface area contributed by atoms with Gasteiger partial charge in [-0.05, 0) is 44.0 Å². The van der Waals surface area contributed by atoms with Gasteiger partial charge >= 0.3 is 0 Å². The third kappa shape index (κ3) is 6.34. The summed E-state index contributed by atoms with van der Waals surface area (Å²) in [5, 5.41) is 5.74. The number of carbonyl (C=O) groups is 3. The molecule has 0 atom stereocenters. The average molecular weight is 552 g/mol. The molecule has 0 radical (unpaired) electrons. The zero-order valence-corrected chi connectivity index (χ0v) is 22.8. The number of aromatic nitrogens is 1. The van der Waals surface area contributed by atoms with Crippen LogP contribution >= 0.6 is 22.9 Å². The van der Waals surface area contributed by atoms with Gasteiger partial charge in [-0.25, -0.2) is 4.98 Å². The molecule has 2 heterocycles. The molecule has 1 aromatic heterocycles. The van der Waals surface area contributed by atoms with E-state index in [9.17, 15) is 14.4 Å². The maximum atomic E-state index is 13.0. The Morgan fingerprint density at radius 1 is 1.05 bits per heavy atom. The lowest BCUT2D eigenvalue weighted by molar-refractivity contribution is -0.130. The molecule has 1 aliphatic carbocycles. The van der Waals surface area contributed by atoms with Gasteiger partial charge in [-0.1, -0.05) is 41.4 Å². The monoisotopic (exact) mass is 551 g/mol. The van der Waals surface area contributed by atoms with Crippen LogP contribution in [-0.4, -0.2) is 71.3 Å². The highest BCUT2D eigenvalue weighted by atomic mass is 35.5. The quantitative estimate of drug-likeness (QED) is 0.452. The molecule has 2 aliphatic rings. The normalized spacial score (nSPS) is 15.3. The first-order chi connectivity index (χ1) is 18.4. The molecule has 198 valence electrons. The van der Waals surface area contributed by atoms with E-state index in [4.69, 9.17) is 11.6 Å². The van der Waals surface area contributed by atoms with Crippen molar-refractivity contribution in [3.63, 3.8) is 0 Å². The van der Waals surface area contributed by atoms with Crippen LogP contribution in [0.5, 0.6) is 0 Å². The highest BCUT2D eigenvalue weighted by Gasteiger charge is 2.34. The van der Waals surface area contributed by atoms with Crippen LogP contribution in [0.25, 0.3) is 0 Å². The Hall–Kier alpha value is -3.43. The van der Waals surface area contributed by atoms with Crippen molar-refractivity contribution >= 4 is 51.5 Å². The number of rotatable bonds is 8. The molecule has 38 heavy (non-hydrogen) atoms. The number of aryl methyl sites for hydroxylation is 1. The lowest BCUT2D eigenvalue weighted by Crippen LogP contribution is -2.49. The summed E-state index contributed by atoms with van der Waals surface area (Å²) in [5.41, 5.74) is 3.27. The third-order valence-electron chi connectivity index (χ3n) is 6.82. The second-order valence-electron chi connectivity index (χ2n) is 9.72. The van der Waals surface area contributed by atoms with E-state index in [0.29, 0.717) is 47.6 Å². The number of hydrogen-bond acceptors (Lipinski definition) is 6. The highest BCUT2D eigenvalue weighted by molar-refractivity contribution is 7.13. The van der Waals surface area contributed by atoms with Crippen molar-refractivity contribution in [1.29, 1.82) is 0 Å². The molecule has 5 rings (SSSR count). The first-order valence-electron chi connectivity index (χ1n) is 12.8. The van der Waals surface area contributed by atoms with E-state index in [1.54, 1.807) is 22.4 Å². The first-order valence-corrected chi connectivity index (χ1v) is 14.0. The number of piperazine rings is 1. The van der Waals surface area contributed by atoms with E-state index in [1.807, 2.05) is 48.2 Å². The predicted molar refractivity (Wildman–Crippen MR) is 150 cm³/mol. The Bertz CT molecular complexity index is 1320. The van der Waals surface area contributed by atoms with Crippen LogP contribution < -0.4 is 10.2 Å². The highest BCUT2D eigenvalue weighted by Crippen LogP contribution is 2.29. The molecule has 1 N–H and O–H groups in total. The summed E-state index contributed by atoms with van der Waals surface area (Å²) in [7, 11) is 0. The fourth-order valence-corrected chi connectivity index (χ4v) is 5.53. The smallest absolute Gasteiger partial charge is 0.254 e. The number of nitrogens with zero attached hydrogens (tertiary/aromatic N) is 4. The van der Waals surface area contributed by atoms with Gasteiger partial charge in [0, 0.05) is 43.2 Å². The maximum Gasteiger partial charge on any atom is 0.254 e. The zero-order chi connectivity index (χ0) is 26.6. The van der Waals surface area contributed by atoms with Gasteiger partial charge in [0.1, 0.15) is 6.54 Å². The molecule has 0 bridgehead atoms. The minimum Gasteiger partial charge on any atom is -0.367 e. The Labute approximate surface area is 231 Å². The first kappa shape index (κ1) is 26.2. The van der Waals surface area contributed by atoms with Crippen LogP contribution in [-0.2, 0) is 16.0 Å². The molecule has 8 nitrogen and oxygen atoms in total. The average Bonchev–Trinajstić information content (AvgIpc) is 3.67. The number of anilines is 2. The number of thiazole rings is 1. The largest absolute Gasteiger partial charge is 0.367 e. The Morgan fingerprint density at radius 3 is 2.45 bits per heavy atom. The predicted octanol–water partition coefficient (Wildman–Crippen LogP) is 4.24. The summed E-state index contributed by atoms with van der Waals surface area (Å²) in [6.45, 7) is 4.60. The van der Waals surface area contributed by atoms with E-state index >= 15 is 0 Å². The van der Waals surface area contributed by atoms with Crippen molar-refractivity contribution < 1.29 is 14.4 Å². The van der Waals surface area contributed by atoms with Crippen molar-refractivity contribution in [2.24, 2.45) is 0 Å². The second-order valence-corrected chi connectivity index (χ2v) is 11.0. The molecule has 3 aromatic rings. The number of nitrogens with one attached hydrogen (secondary N) is 1. The number of amides is 3. The summed E-state index contributed by atoms with van der Waals surface area (Å²) in [6, 6.07) is 15.2. The summed E-state index contributed by atoms with van der Waals surface area (Å²) >= 11 is 7.60. The molecule has 3 amide bonds. The lowest BCUT2D eigenvalue weighted by Gasteiger charge is -2.36. The van der Waals surface area contributed by atoms with Crippen molar-refractivity contribution in [1.82, 2.24) is 14.8 Å². The van der Waals surface area contributed by atoms with Gasteiger partial charge < -0.3 is 20.0 Å². The molecule has 0 unspecified atom stereocenters. The van der Waals surface area contributed by atoms with E-state index in [-0.39, 0.29) is 36.7 Å². The molecule has 0 spiro atoms. The van der Waals surface area contributed by atoms with Crippen molar-refractivity contribution in [2.75, 3.05) is 42.9 Å². The van der Waals surface area contributed by atoms with Gasteiger partial charge in [0.2, 0.25) is 11.8 Å². The molecule has 1 aliphatic heterocycles. The summed E-state index contributed by atoms with van der Waals surface area (Å²) < 4.78 is 0. The van der Waals surface area contributed by atoms with Crippen molar-refractivity contribution in [2.45, 2.75) is 32.2 Å². The number of carbonyl (C=O) groups excluding carboxylic acids is 3. The number of hydrogen-bond donors (Lipinski definition) is 1. The van der Waals surface area contributed by atoms with E-state index in [2.05, 4.69) is 15.2 Å². The van der Waals surface area contributed by atoms with Gasteiger partial charge in [0.05, 0.1) is 22.8 Å². The topological polar surface area (TPSA) is 85.8 Å². The van der Waals surface area contributed by atoms with Gasteiger partial charge in [-0.15, -0.1) is 11.3 Å². The van der Waals surface area contributed by atoms with Crippen LogP contribution in [0.15, 0.2) is 53.9 Å². The molecular weight excluding hydrogens is 522 g/mol. The standard InChI is InChI=1S/C28H30ClN5O3S/c1-19-6-8-20(9-7-19)27(37)34(22-10-11-22)17-25(35)31-28-30-21(18-38-28)16-26(36)33-14-12-32(13-15-33)24-5-3-2-4-23(24)29/h2-9,18,22H,10-17H2,1H3,(H,30,31,35). The summed E-state index contributed by atoms with van der Waals surface area (Å²) in [5.74, 6) is -0.418. The molecule has 2 fully saturated rings. The summed E-state index contributed by atoms with van der Waals surface area (Å²) in [4.78, 5) is 48.8. The van der Waals surface area contributed by atoms with Crippen LogP contribution in [0, 0.1) is 6.92 Å². The maximum absolute atomic E-state index is 13.0. The van der Waals surface area contributed by atoms with E-state index in [0.717, 1.165) is 24.1 Å². The van der Waals surface area contributed by atoms with E-state index < -0.39 is 0 Å². The molecule has 2 aromatic carbocycles. The fraction of sp³-hybridized carbons (Fsp3) is 0.357. The van der Waals surface area contributed by atoms with E-state index in [1.165, 1.54) is 11.3 Å². The van der Waals surface area contributed by atoms with Gasteiger partial charge in [-0.3, -0.25) is 14.4 Å². The van der Waals surface area contributed by atoms with Crippen LogP contribution in [0.2, 0.25) is 5.02 Å². The van der Waals surface area contributed by atoms with Crippen molar-refractivity contribution in [3.05, 3.63) is 75.8 Å². The SMILES string of the molecule is Cc1ccc(C(=O)N(CC(=O)Nc2nc(CC(=O)N3CCN(c4ccccc4Cl)CC3)cs2)C2CC2)cc1. The number of benzene rings is 2. The van der Waals surface area contributed by atoms with Crippen molar-refractivity contribution in [3.8, 4) is 0 Å². The molecule has 1 saturated heterocycles. The van der Waals surface area contributed by atoms with Gasteiger partial charge in [0.25, 0.3) is 5.91 Å². The molecular formula is C28H30ClN5O3S. The molecule has 10 heteroatoms. The minimum absolute atomic E-state index is 0.00980. The number of para-hydroxylation sites is 1. The van der Waals surface area contributed by atoms with Gasteiger partial charge in [-0.2, -0.15) is 0 Å². The molecule has 1 saturated carbocycles. The van der Waals surface area contributed by atoms with Crippen LogP contribution in [0.1, 0.15) is 34.5 Å². The van der Waals surface area contributed by atoms with Crippen LogP contribution in [0.3, 0.4) is 0 Å². The fourth-order valence-electron chi connectivity index (χ4n) is 4.55. The van der Waals surface area contributed by atoms with Crippen LogP contribution in [0.4, 0.5) is 10.8 Å². The Morgan fingerprint density at radius 2 is 1.76 bits per heavy atom. The Balaban J connectivity index is 1.12. The Kier molecular flexibility index (Phi) is 7.95. The third-order valence-corrected chi connectivity index (χ3v) is 7.94. The zero-order valence-electron chi connectivity index (χ0n) is 21.2. The lowest BCUT2D eigenvalue weighted by atomic mass is 10.1.